The summed E-state index contributed by atoms with van der Waals surface area (Å²) in [4.78, 5) is 0. The summed E-state index contributed by atoms with van der Waals surface area (Å²) >= 11 is 1.36. The molecule has 0 fully saturated rings. The van der Waals surface area contributed by atoms with E-state index < -0.39 is 0 Å². The summed E-state index contributed by atoms with van der Waals surface area (Å²) in [6, 6.07) is 39.2. The minimum absolute atomic E-state index is 0. The number of rotatable bonds is 4. The first kappa shape index (κ1) is 46.5. The van der Waals surface area contributed by atoms with Gasteiger partial charge in [0.05, 0.1) is 23.0 Å². The monoisotopic (exact) mass is 846 g/mol. The molecule has 0 saturated carbocycles. The topological polar surface area (TPSA) is 26.3 Å². The van der Waals surface area contributed by atoms with Crippen molar-refractivity contribution < 1.29 is 32.2 Å². The first-order chi connectivity index (χ1) is 24.0. The molecule has 0 unspecified atom stereocenters. The van der Waals surface area contributed by atoms with Crippen molar-refractivity contribution in [2.45, 2.75) is 55.4 Å². The van der Waals surface area contributed by atoms with Crippen molar-refractivity contribution in [2.75, 3.05) is 0 Å². The SMILES string of the molecule is Cc1cccc(-c2c(C)c(C)cc3[cH-]c(-c4ccc(C)o4)cc23)c1.Cc1cccc(-c2c(C)c(C)cc3[cH-]c(-c4ccc(C)o4)cc23)c1.Cl.Cl.[CH3-].[CH3-].[Si]=[Zr]. The van der Waals surface area contributed by atoms with E-state index in [1.165, 1.54) is 101 Å². The van der Waals surface area contributed by atoms with E-state index in [0.717, 1.165) is 34.2 Å². The van der Waals surface area contributed by atoms with Crippen LogP contribution in [0.3, 0.4) is 0 Å². The van der Waals surface area contributed by atoms with E-state index in [9.17, 15) is 0 Å². The molecule has 0 spiro atoms. The van der Waals surface area contributed by atoms with E-state index >= 15 is 0 Å². The average molecular weight is 849 g/mol. The van der Waals surface area contributed by atoms with Crippen LogP contribution in [0.15, 0.2) is 118 Å². The molecule has 0 aliphatic rings. The second kappa shape index (κ2) is 19.8. The second-order valence-corrected chi connectivity index (χ2v) is 13.4. The van der Waals surface area contributed by atoms with Crippen LogP contribution in [-0.4, -0.2) is 6.88 Å². The van der Waals surface area contributed by atoms with Gasteiger partial charge in [0.1, 0.15) is 0 Å². The third kappa shape index (κ3) is 9.58. The standard InChI is InChI=1S/2C23H21O.2CH3.2ClH.Si.Zr/c2*1-14-6-5-7-18(10-14)23-17(4)15(2)11-19-12-20(13-21(19)23)22-9-8-16(3)24-22;;;;;;/h2*5-13H,1-4H3;2*1H3;2*1H;;/q4*-1;;;;. The zero-order chi connectivity index (χ0) is 35.7. The third-order valence-electron chi connectivity index (χ3n) is 9.72. The molecule has 8 aromatic rings. The van der Waals surface area contributed by atoms with E-state index in [1.807, 2.05) is 26.0 Å². The van der Waals surface area contributed by atoms with E-state index in [0.29, 0.717) is 0 Å². The Bertz CT molecular complexity index is 2300. The Hall–Kier alpha value is -3.66. The molecule has 0 saturated heterocycles. The van der Waals surface area contributed by atoms with Crippen LogP contribution in [0.25, 0.3) is 66.4 Å². The molecule has 2 nitrogen and oxygen atoms in total. The van der Waals surface area contributed by atoms with Gasteiger partial charge in [0, 0.05) is 0 Å². The molecule has 0 N–H and O–H groups in total. The van der Waals surface area contributed by atoms with Crippen LogP contribution in [0.1, 0.15) is 44.9 Å². The maximum atomic E-state index is 5.82. The summed E-state index contributed by atoms with van der Waals surface area (Å²) < 4.78 is 11.6. The van der Waals surface area contributed by atoms with Gasteiger partial charge in [0.2, 0.25) is 0 Å². The number of hydrogen-bond donors (Lipinski definition) is 0. The molecule has 2 heterocycles. The second-order valence-electron chi connectivity index (χ2n) is 13.4. The Morgan fingerprint density at radius 2 is 0.852 bits per heavy atom. The van der Waals surface area contributed by atoms with Crippen LogP contribution in [0.2, 0.25) is 0 Å². The first-order valence-electron chi connectivity index (χ1n) is 17.0. The Labute approximate surface area is 352 Å². The third-order valence-corrected chi connectivity index (χ3v) is 9.72. The molecule has 0 aliphatic heterocycles. The number of aryl methyl sites for hydroxylation is 6. The molecule has 0 atom stereocenters. The van der Waals surface area contributed by atoms with Crippen molar-refractivity contribution in [3.63, 3.8) is 0 Å². The summed E-state index contributed by atoms with van der Waals surface area (Å²) in [6.45, 7) is 20.1. The molecule has 2 aromatic heterocycles. The Morgan fingerprint density at radius 3 is 1.17 bits per heavy atom. The van der Waals surface area contributed by atoms with Crippen molar-refractivity contribution in [2.24, 2.45) is 0 Å². The van der Waals surface area contributed by atoms with Crippen molar-refractivity contribution in [1.29, 1.82) is 0 Å². The number of furan rings is 2. The van der Waals surface area contributed by atoms with Gasteiger partial charge in [-0.05, 0) is 102 Å². The van der Waals surface area contributed by atoms with Gasteiger partial charge in [-0.1, -0.05) is 93.0 Å². The molecule has 54 heavy (non-hydrogen) atoms. The summed E-state index contributed by atoms with van der Waals surface area (Å²) in [5.41, 5.74) is 15.5. The van der Waals surface area contributed by atoms with Crippen LogP contribution in [0.5, 0.6) is 0 Å². The molecular formula is C48H50Cl2O2SiZr-4. The van der Waals surface area contributed by atoms with Gasteiger partial charge in [-0.25, -0.2) is 0 Å². The minimum atomic E-state index is 0. The Balaban J connectivity index is 0.000000334. The molecule has 0 bridgehead atoms. The summed E-state index contributed by atoms with van der Waals surface area (Å²) in [5, 5.41) is 5.15. The predicted octanol–water partition coefficient (Wildman–Crippen LogP) is 14.8. The molecular weight excluding hydrogens is 799 g/mol. The van der Waals surface area contributed by atoms with Crippen molar-refractivity contribution in [1.82, 2.24) is 0 Å². The number of fused-ring (bicyclic) bond motifs is 2. The molecule has 6 aromatic carbocycles. The summed E-state index contributed by atoms with van der Waals surface area (Å²) in [6.07, 6.45) is 0. The van der Waals surface area contributed by atoms with Gasteiger partial charge in [0.15, 0.2) is 0 Å². The van der Waals surface area contributed by atoms with Crippen LogP contribution in [0, 0.1) is 70.2 Å². The molecule has 0 amide bonds. The fourth-order valence-corrected chi connectivity index (χ4v) is 7.01. The van der Waals surface area contributed by atoms with Crippen LogP contribution in [-0.2, 0) is 23.3 Å². The molecule has 2 radical (unpaired) electrons. The van der Waals surface area contributed by atoms with Gasteiger partial charge in [-0.2, -0.15) is 0 Å². The van der Waals surface area contributed by atoms with Gasteiger partial charge in [-0.15, -0.1) is 82.8 Å². The Morgan fingerprint density at radius 1 is 0.481 bits per heavy atom. The van der Waals surface area contributed by atoms with Gasteiger partial charge in [-0.3, -0.25) is 0 Å². The zero-order valence-electron chi connectivity index (χ0n) is 33.0. The van der Waals surface area contributed by atoms with E-state index in [2.05, 4.69) is 145 Å². The van der Waals surface area contributed by atoms with Gasteiger partial charge < -0.3 is 23.7 Å². The molecule has 280 valence electrons. The van der Waals surface area contributed by atoms with Gasteiger partial charge >= 0.3 is 30.2 Å². The van der Waals surface area contributed by atoms with Crippen molar-refractivity contribution >= 4 is 53.2 Å². The molecule has 6 heteroatoms. The fraction of sp³-hybridized carbons (Fsp3) is 0.167. The average Bonchev–Trinajstić information content (AvgIpc) is 3.90. The van der Waals surface area contributed by atoms with Crippen molar-refractivity contribution in [3.8, 4) is 44.9 Å². The summed E-state index contributed by atoms with van der Waals surface area (Å²) in [7, 11) is 0. The zero-order valence-corrected chi connectivity index (χ0v) is 38.1. The Kier molecular flexibility index (Phi) is 17.0. The first-order valence-corrected chi connectivity index (χ1v) is 21.2. The van der Waals surface area contributed by atoms with Gasteiger partial charge in [0.25, 0.3) is 0 Å². The predicted molar refractivity (Wildman–Crippen MR) is 236 cm³/mol. The van der Waals surface area contributed by atoms with E-state index in [-0.39, 0.29) is 39.7 Å². The summed E-state index contributed by atoms with van der Waals surface area (Å²) in [5.74, 6) is 3.77. The number of hydrogen-bond acceptors (Lipinski definition) is 2. The molecule has 0 aliphatic carbocycles. The number of benzene rings is 4. The van der Waals surface area contributed by atoms with E-state index in [1.54, 1.807) is 0 Å². The van der Waals surface area contributed by atoms with Crippen LogP contribution >= 0.6 is 24.8 Å². The fourth-order valence-electron chi connectivity index (χ4n) is 7.01. The van der Waals surface area contributed by atoms with Crippen LogP contribution < -0.4 is 0 Å². The normalized spacial score (nSPS) is 10.1. The van der Waals surface area contributed by atoms with Crippen molar-refractivity contribution in [3.05, 3.63) is 169 Å². The quantitative estimate of drug-likeness (QED) is 0.130. The maximum absolute atomic E-state index is 5.82. The molecule has 8 rings (SSSR count). The van der Waals surface area contributed by atoms with E-state index in [4.69, 9.17) is 8.83 Å². The number of halogens is 2. The van der Waals surface area contributed by atoms with Crippen LogP contribution in [0.4, 0.5) is 0 Å².